The molecule has 1 amide bonds. The maximum Gasteiger partial charge on any atom is 0.272 e. The van der Waals surface area contributed by atoms with Crippen molar-refractivity contribution in [3.63, 3.8) is 0 Å². The fourth-order valence-corrected chi connectivity index (χ4v) is 2.74. The Bertz CT molecular complexity index is 447. The predicted octanol–water partition coefficient (Wildman–Crippen LogP) is 3.31. The molecule has 110 valence electrons. The van der Waals surface area contributed by atoms with Gasteiger partial charge in [-0.3, -0.25) is 4.79 Å². The molecule has 1 aliphatic rings. The zero-order valence-electron chi connectivity index (χ0n) is 12.6. The van der Waals surface area contributed by atoms with Gasteiger partial charge in [0.05, 0.1) is 0 Å². The fourth-order valence-electron chi connectivity index (χ4n) is 2.74. The van der Waals surface area contributed by atoms with E-state index in [1.165, 1.54) is 6.42 Å². The molecule has 20 heavy (non-hydrogen) atoms. The Morgan fingerprint density at radius 3 is 3.00 bits per heavy atom. The number of nitrogens with zero attached hydrogens (tertiary/aromatic N) is 2. The molecule has 0 saturated carbocycles. The van der Waals surface area contributed by atoms with E-state index in [1.807, 2.05) is 23.1 Å². The summed E-state index contributed by atoms with van der Waals surface area (Å²) in [6, 6.07) is 6.02. The van der Waals surface area contributed by atoms with Crippen molar-refractivity contribution in [3.8, 4) is 0 Å². The third-order valence-corrected chi connectivity index (χ3v) is 3.88. The zero-order valence-corrected chi connectivity index (χ0v) is 12.6. The average molecular weight is 275 g/mol. The third kappa shape index (κ3) is 3.50. The van der Waals surface area contributed by atoms with Crippen LogP contribution >= 0.6 is 0 Å². The van der Waals surface area contributed by atoms with Crippen LogP contribution in [0.15, 0.2) is 18.2 Å². The Kier molecular flexibility index (Phi) is 5.39. The molecule has 2 rings (SSSR count). The van der Waals surface area contributed by atoms with Crippen molar-refractivity contribution in [1.29, 1.82) is 0 Å². The molecule has 2 heterocycles. The Balaban J connectivity index is 2.11. The van der Waals surface area contributed by atoms with Gasteiger partial charge in [-0.25, -0.2) is 4.98 Å². The molecule has 1 fully saturated rings. The molecule has 0 radical (unpaired) electrons. The summed E-state index contributed by atoms with van der Waals surface area (Å²) in [6.07, 6.45) is 5.53. The molecular weight excluding hydrogens is 250 g/mol. The number of pyridine rings is 1. The summed E-state index contributed by atoms with van der Waals surface area (Å²) in [5.41, 5.74) is 0.562. The Hall–Kier alpha value is -1.58. The van der Waals surface area contributed by atoms with Crippen molar-refractivity contribution in [1.82, 2.24) is 9.88 Å². The summed E-state index contributed by atoms with van der Waals surface area (Å²) < 4.78 is 0. The van der Waals surface area contributed by atoms with Crippen molar-refractivity contribution in [2.24, 2.45) is 0 Å². The van der Waals surface area contributed by atoms with Crippen molar-refractivity contribution in [2.45, 2.75) is 52.0 Å². The Morgan fingerprint density at radius 2 is 2.25 bits per heavy atom. The highest BCUT2D eigenvalue weighted by atomic mass is 16.2. The van der Waals surface area contributed by atoms with E-state index in [2.05, 4.69) is 24.1 Å². The summed E-state index contributed by atoms with van der Waals surface area (Å²) in [5, 5.41) is 3.24. The number of hydrogen-bond acceptors (Lipinski definition) is 3. The summed E-state index contributed by atoms with van der Waals surface area (Å²) in [7, 11) is 0. The SMILES string of the molecule is CCCNc1cccc(C(=O)N2CCCCC2CC)n1. The second kappa shape index (κ2) is 7.27. The van der Waals surface area contributed by atoms with Gasteiger partial charge in [0.1, 0.15) is 11.5 Å². The smallest absolute Gasteiger partial charge is 0.272 e. The van der Waals surface area contributed by atoms with Crippen molar-refractivity contribution in [2.75, 3.05) is 18.4 Å². The number of hydrogen-bond donors (Lipinski definition) is 1. The van der Waals surface area contributed by atoms with E-state index in [0.29, 0.717) is 11.7 Å². The van der Waals surface area contributed by atoms with Gasteiger partial charge in [0, 0.05) is 19.1 Å². The number of carbonyl (C=O) groups excluding carboxylic acids is 1. The summed E-state index contributed by atoms with van der Waals surface area (Å²) in [4.78, 5) is 19.1. The van der Waals surface area contributed by atoms with Crippen LogP contribution in [-0.2, 0) is 0 Å². The molecule has 0 aromatic carbocycles. The van der Waals surface area contributed by atoms with Gasteiger partial charge in [-0.2, -0.15) is 0 Å². The maximum atomic E-state index is 12.6. The van der Waals surface area contributed by atoms with Crippen LogP contribution in [0.1, 0.15) is 56.4 Å². The average Bonchev–Trinajstić information content (AvgIpc) is 2.52. The lowest BCUT2D eigenvalue weighted by Crippen LogP contribution is -2.43. The van der Waals surface area contributed by atoms with Crippen molar-refractivity contribution in [3.05, 3.63) is 23.9 Å². The second-order valence-corrected chi connectivity index (χ2v) is 5.39. The summed E-state index contributed by atoms with van der Waals surface area (Å²) in [6.45, 7) is 6.02. The molecule has 1 N–H and O–H groups in total. The van der Waals surface area contributed by atoms with Gasteiger partial charge < -0.3 is 10.2 Å². The van der Waals surface area contributed by atoms with Gasteiger partial charge in [-0.15, -0.1) is 0 Å². The quantitative estimate of drug-likeness (QED) is 0.896. The highest BCUT2D eigenvalue weighted by Crippen LogP contribution is 2.21. The van der Waals surface area contributed by atoms with Crippen LogP contribution in [0.2, 0.25) is 0 Å². The minimum atomic E-state index is 0.0803. The largest absolute Gasteiger partial charge is 0.370 e. The van der Waals surface area contributed by atoms with Crippen LogP contribution in [0, 0.1) is 0 Å². The van der Waals surface area contributed by atoms with E-state index in [-0.39, 0.29) is 5.91 Å². The Morgan fingerprint density at radius 1 is 1.40 bits per heavy atom. The topological polar surface area (TPSA) is 45.2 Å². The number of amides is 1. The molecule has 1 saturated heterocycles. The first-order chi connectivity index (χ1) is 9.76. The van der Waals surface area contributed by atoms with Crippen molar-refractivity contribution < 1.29 is 4.79 Å². The van der Waals surface area contributed by atoms with E-state index < -0.39 is 0 Å². The maximum absolute atomic E-state index is 12.6. The number of rotatable bonds is 5. The highest BCUT2D eigenvalue weighted by molar-refractivity contribution is 5.93. The van der Waals surface area contributed by atoms with Gasteiger partial charge in [0.2, 0.25) is 0 Å². The number of nitrogens with one attached hydrogen (secondary N) is 1. The lowest BCUT2D eigenvalue weighted by molar-refractivity contribution is 0.0602. The molecule has 1 aromatic heterocycles. The van der Waals surface area contributed by atoms with Gasteiger partial charge in [-0.1, -0.05) is 19.9 Å². The van der Waals surface area contributed by atoms with E-state index in [9.17, 15) is 4.79 Å². The summed E-state index contributed by atoms with van der Waals surface area (Å²) in [5.74, 6) is 0.874. The molecule has 1 aromatic rings. The van der Waals surface area contributed by atoms with Crippen LogP contribution in [0.5, 0.6) is 0 Å². The third-order valence-electron chi connectivity index (χ3n) is 3.88. The van der Waals surface area contributed by atoms with Crippen molar-refractivity contribution >= 4 is 11.7 Å². The van der Waals surface area contributed by atoms with Gasteiger partial charge in [-0.05, 0) is 44.2 Å². The van der Waals surface area contributed by atoms with Crippen LogP contribution in [0.4, 0.5) is 5.82 Å². The van der Waals surface area contributed by atoms with Gasteiger partial charge in [0.25, 0.3) is 5.91 Å². The zero-order chi connectivity index (χ0) is 14.4. The van der Waals surface area contributed by atoms with Crippen LogP contribution in [-0.4, -0.2) is 34.9 Å². The number of aromatic nitrogens is 1. The molecule has 0 spiro atoms. The molecule has 0 bridgehead atoms. The lowest BCUT2D eigenvalue weighted by atomic mass is 9.99. The van der Waals surface area contributed by atoms with Gasteiger partial charge in [0.15, 0.2) is 0 Å². The molecule has 0 aliphatic carbocycles. The molecule has 1 atom stereocenters. The molecule has 1 aliphatic heterocycles. The highest BCUT2D eigenvalue weighted by Gasteiger charge is 2.26. The van der Waals surface area contributed by atoms with Crippen LogP contribution < -0.4 is 5.32 Å². The Labute approximate surface area is 121 Å². The van der Waals surface area contributed by atoms with E-state index >= 15 is 0 Å². The molecular formula is C16H25N3O. The predicted molar refractivity (Wildman–Crippen MR) is 82.0 cm³/mol. The van der Waals surface area contributed by atoms with E-state index in [0.717, 1.165) is 44.6 Å². The first kappa shape index (κ1) is 14.8. The molecule has 4 heteroatoms. The summed E-state index contributed by atoms with van der Waals surface area (Å²) >= 11 is 0. The first-order valence-electron chi connectivity index (χ1n) is 7.78. The second-order valence-electron chi connectivity index (χ2n) is 5.39. The van der Waals surface area contributed by atoms with Crippen LogP contribution in [0.25, 0.3) is 0 Å². The van der Waals surface area contributed by atoms with E-state index in [4.69, 9.17) is 0 Å². The van der Waals surface area contributed by atoms with Gasteiger partial charge >= 0.3 is 0 Å². The number of carbonyl (C=O) groups is 1. The standard InChI is InChI=1S/C16H25N3O/c1-3-11-17-15-10-7-9-14(18-15)16(20)19-12-6-5-8-13(19)4-2/h7,9-10,13H,3-6,8,11-12H2,1-2H3,(H,17,18). The number of likely N-dealkylation sites (tertiary alicyclic amines) is 1. The lowest BCUT2D eigenvalue weighted by Gasteiger charge is -2.35. The monoisotopic (exact) mass is 275 g/mol. The number of anilines is 1. The molecule has 1 unspecified atom stereocenters. The molecule has 4 nitrogen and oxygen atoms in total. The first-order valence-corrected chi connectivity index (χ1v) is 7.78. The minimum absolute atomic E-state index is 0.0803. The number of piperidine rings is 1. The fraction of sp³-hybridized carbons (Fsp3) is 0.625. The van der Waals surface area contributed by atoms with Crippen LogP contribution in [0.3, 0.4) is 0 Å². The normalized spacial score (nSPS) is 18.9. The minimum Gasteiger partial charge on any atom is -0.370 e. The van der Waals surface area contributed by atoms with E-state index in [1.54, 1.807) is 0 Å².